The van der Waals surface area contributed by atoms with Gasteiger partial charge in [-0.2, -0.15) is 0 Å². The number of rotatable bonds is 4. The first-order valence-electron chi connectivity index (χ1n) is 8.27. The zero-order valence-corrected chi connectivity index (χ0v) is 14.3. The lowest BCUT2D eigenvalue weighted by Crippen LogP contribution is -2.49. The fraction of sp³-hybridized carbons (Fsp3) is 0.556. The quantitative estimate of drug-likeness (QED) is 0.925. The molecule has 0 bridgehead atoms. The molecule has 0 radical (unpaired) electrons. The number of hydrogen-bond acceptors (Lipinski definition) is 2. The number of amides is 3. The largest absolute Gasteiger partial charge is 0.353 e. The van der Waals surface area contributed by atoms with Gasteiger partial charge in [0, 0.05) is 39.6 Å². The number of carbonyl (C=O) groups is 2. The average molecular weight is 317 g/mol. The molecule has 1 N–H and O–H groups in total. The Morgan fingerprint density at radius 1 is 1.17 bits per heavy atom. The maximum atomic E-state index is 12.1. The summed E-state index contributed by atoms with van der Waals surface area (Å²) in [7, 11) is 3.53. The molecule has 1 aliphatic rings. The molecule has 0 saturated carbocycles. The second-order valence-electron chi connectivity index (χ2n) is 6.49. The van der Waals surface area contributed by atoms with Crippen LogP contribution in [0.2, 0.25) is 0 Å². The molecule has 0 aromatic heterocycles. The Kier molecular flexibility index (Phi) is 6.02. The van der Waals surface area contributed by atoms with E-state index in [1.165, 1.54) is 11.1 Å². The van der Waals surface area contributed by atoms with Crippen LogP contribution >= 0.6 is 0 Å². The van der Waals surface area contributed by atoms with E-state index in [2.05, 4.69) is 36.5 Å². The molecule has 126 valence electrons. The number of hydrogen-bond donors (Lipinski definition) is 1. The molecule has 0 aliphatic carbocycles. The van der Waals surface area contributed by atoms with Crippen molar-refractivity contribution in [3.63, 3.8) is 0 Å². The van der Waals surface area contributed by atoms with Crippen LogP contribution in [0.5, 0.6) is 0 Å². The molecule has 0 spiro atoms. The van der Waals surface area contributed by atoms with Crippen molar-refractivity contribution < 1.29 is 9.59 Å². The third kappa shape index (κ3) is 5.27. The smallest absolute Gasteiger partial charge is 0.319 e. The molecule has 1 fully saturated rings. The van der Waals surface area contributed by atoms with E-state index in [0.29, 0.717) is 19.5 Å². The molecular weight excluding hydrogens is 290 g/mol. The van der Waals surface area contributed by atoms with Gasteiger partial charge in [-0.05, 0) is 31.7 Å². The average Bonchev–Trinajstić information content (AvgIpc) is 2.54. The zero-order valence-electron chi connectivity index (χ0n) is 14.3. The van der Waals surface area contributed by atoms with Gasteiger partial charge in [-0.15, -0.1) is 0 Å². The SMILES string of the molecule is Cc1ccc(CCC(=O)NC2CCN(C(=O)N(C)C)CC2)cc1. The first-order valence-corrected chi connectivity index (χ1v) is 8.27. The Morgan fingerprint density at radius 3 is 2.35 bits per heavy atom. The van der Waals surface area contributed by atoms with Crippen molar-refractivity contribution in [3.05, 3.63) is 35.4 Å². The van der Waals surface area contributed by atoms with Crippen LogP contribution in [0.25, 0.3) is 0 Å². The molecule has 0 unspecified atom stereocenters. The minimum atomic E-state index is 0.0501. The summed E-state index contributed by atoms with van der Waals surface area (Å²) >= 11 is 0. The van der Waals surface area contributed by atoms with Crippen molar-refractivity contribution >= 4 is 11.9 Å². The van der Waals surface area contributed by atoms with E-state index in [1.807, 2.05) is 4.90 Å². The summed E-state index contributed by atoms with van der Waals surface area (Å²) in [5.41, 5.74) is 2.43. The number of piperidine rings is 1. The monoisotopic (exact) mass is 317 g/mol. The minimum absolute atomic E-state index is 0.0501. The second-order valence-corrected chi connectivity index (χ2v) is 6.49. The summed E-state index contributed by atoms with van der Waals surface area (Å²) in [5, 5.41) is 3.10. The van der Waals surface area contributed by atoms with Gasteiger partial charge in [0.2, 0.25) is 5.91 Å². The molecule has 1 aromatic carbocycles. The minimum Gasteiger partial charge on any atom is -0.353 e. The van der Waals surface area contributed by atoms with Crippen LogP contribution in [-0.2, 0) is 11.2 Å². The van der Waals surface area contributed by atoms with E-state index in [9.17, 15) is 9.59 Å². The molecular formula is C18H27N3O2. The van der Waals surface area contributed by atoms with Crippen LogP contribution < -0.4 is 5.32 Å². The number of urea groups is 1. The van der Waals surface area contributed by atoms with Crippen LogP contribution in [0.1, 0.15) is 30.4 Å². The maximum absolute atomic E-state index is 12.1. The molecule has 5 nitrogen and oxygen atoms in total. The van der Waals surface area contributed by atoms with E-state index >= 15 is 0 Å². The van der Waals surface area contributed by atoms with E-state index in [4.69, 9.17) is 0 Å². The maximum Gasteiger partial charge on any atom is 0.319 e. The Bertz CT molecular complexity index is 532. The molecule has 5 heteroatoms. The third-order valence-electron chi connectivity index (χ3n) is 4.27. The number of aryl methyl sites for hydroxylation is 2. The van der Waals surface area contributed by atoms with Gasteiger partial charge in [0.15, 0.2) is 0 Å². The topological polar surface area (TPSA) is 52.7 Å². The summed E-state index contributed by atoms with van der Waals surface area (Å²) in [6.45, 7) is 3.48. The first kappa shape index (κ1) is 17.3. The lowest BCUT2D eigenvalue weighted by Gasteiger charge is -2.33. The molecule has 1 heterocycles. The Balaban J connectivity index is 1.70. The van der Waals surface area contributed by atoms with Gasteiger partial charge in [-0.25, -0.2) is 4.79 Å². The number of carbonyl (C=O) groups excluding carboxylic acids is 2. The Morgan fingerprint density at radius 2 is 1.78 bits per heavy atom. The van der Waals surface area contributed by atoms with Crippen molar-refractivity contribution in [2.75, 3.05) is 27.2 Å². The lowest BCUT2D eigenvalue weighted by molar-refractivity contribution is -0.122. The van der Waals surface area contributed by atoms with Crippen LogP contribution in [0.3, 0.4) is 0 Å². The fourth-order valence-corrected chi connectivity index (χ4v) is 2.81. The molecule has 23 heavy (non-hydrogen) atoms. The van der Waals surface area contributed by atoms with Gasteiger partial charge < -0.3 is 15.1 Å². The van der Waals surface area contributed by atoms with Gasteiger partial charge in [0.1, 0.15) is 0 Å². The number of benzene rings is 1. The molecule has 3 amide bonds. The Labute approximate surface area is 138 Å². The van der Waals surface area contributed by atoms with Crippen LogP contribution in [-0.4, -0.2) is 55.0 Å². The fourth-order valence-electron chi connectivity index (χ4n) is 2.81. The van der Waals surface area contributed by atoms with Crippen molar-refractivity contribution in [3.8, 4) is 0 Å². The van der Waals surface area contributed by atoms with E-state index in [0.717, 1.165) is 19.3 Å². The standard InChI is InChI=1S/C18H27N3O2/c1-14-4-6-15(7-5-14)8-9-17(22)19-16-10-12-21(13-11-16)18(23)20(2)3/h4-7,16H,8-13H2,1-3H3,(H,19,22). The third-order valence-corrected chi connectivity index (χ3v) is 4.27. The van der Waals surface area contributed by atoms with E-state index in [-0.39, 0.29) is 18.0 Å². The van der Waals surface area contributed by atoms with E-state index < -0.39 is 0 Å². The highest BCUT2D eigenvalue weighted by molar-refractivity contribution is 5.76. The summed E-state index contributed by atoms with van der Waals surface area (Å²) in [5.74, 6) is 0.1000. The van der Waals surface area contributed by atoms with Crippen LogP contribution in [0.15, 0.2) is 24.3 Å². The summed E-state index contributed by atoms with van der Waals surface area (Å²) < 4.78 is 0. The highest BCUT2D eigenvalue weighted by atomic mass is 16.2. The highest BCUT2D eigenvalue weighted by Crippen LogP contribution is 2.12. The van der Waals surface area contributed by atoms with Gasteiger partial charge in [0.25, 0.3) is 0 Å². The number of likely N-dealkylation sites (tertiary alicyclic amines) is 1. The summed E-state index contributed by atoms with van der Waals surface area (Å²) in [6.07, 6.45) is 2.94. The first-order chi connectivity index (χ1) is 11.0. The predicted molar refractivity (Wildman–Crippen MR) is 91.3 cm³/mol. The molecule has 1 saturated heterocycles. The summed E-state index contributed by atoms with van der Waals surface area (Å²) in [4.78, 5) is 27.4. The predicted octanol–water partition coefficient (Wildman–Crippen LogP) is 2.19. The summed E-state index contributed by atoms with van der Waals surface area (Å²) in [6, 6.07) is 8.54. The molecule has 1 aliphatic heterocycles. The van der Waals surface area contributed by atoms with Crippen LogP contribution in [0, 0.1) is 6.92 Å². The van der Waals surface area contributed by atoms with Gasteiger partial charge in [-0.1, -0.05) is 29.8 Å². The highest BCUT2D eigenvalue weighted by Gasteiger charge is 2.24. The van der Waals surface area contributed by atoms with Gasteiger partial charge >= 0.3 is 6.03 Å². The number of nitrogens with zero attached hydrogens (tertiary/aromatic N) is 2. The van der Waals surface area contributed by atoms with Crippen molar-refractivity contribution in [1.29, 1.82) is 0 Å². The van der Waals surface area contributed by atoms with E-state index in [1.54, 1.807) is 19.0 Å². The second kappa shape index (κ2) is 7.99. The van der Waals surface area contributed by atoms with Crippen molar-refractivity contribution in [1.82, 2.24) is 15.1 Å². The molecule has 0 atom stereocenters. The van der Waals surface area contributed by atoms with Crippen LogP contribution in [0.4, 0.5) is 4.79 Å². The number of nitrogens with one attached hydrogen (secondary N) is 1. The van der Waals surface area contributed by atoms with Crippen molar-refractivity contribution in [2.45, 2.75) is 38.6 Å². The zero-order chi connectivity index (χ0) is 16.8. The van der Waals surface area contributed by atoms with Crippen molar-refractivity contribution in [2.24, 2.45) is 0 Å². The molecule has 1 aromatic rings. The lowest BCUT2D eigenvalue weighted by atomic mass is 10.0. The van der Waals surface area contributed by atoms with Gasteiger partial charge in [0.05, 0.1) is 0 Å². The molecule has 2 rings (SSSR count). The normalized spacial score (nSPS) is 15.3. The van der Waals surface area contributed by atoms with Gasteiger partial charge in [-0.3, -0.25) is 4.79 Å². The Hall–Kier alpha value is -2.04.